The Hall–Kier alpha value is -0.920. The molecule has 3 N–H and O–H groups in total. The number of sulfonamides is 1. The summed E-state index contributed by atoms with van der Waals surface area (Å²) in [6.45, 7) is 3.77. The van der Waals surface area contributed by atoms with E-state index < -0.39 is 21.8 Å². The van der Waals surface area contributed by atoms with Crippen molar-refractivity contribution in [2.45, 2.75) is 43.4 Å². The lowest BCUT2D eigenvalue weighted by Gasteiger charge is -2.17. The third-order valence-corrected chi connectivity index (χ3v) is 6.71. The van der Waals surface area contributed by atoms with Crippen LogP contribution in [0.5, 0.6) is 0 Å². The fraction of sp³-hybridized carbons (Fsp3) is 0.583. The molecule has 1 aromatic heterocycles. The highest BCUT2D eigenvalue weighted by molar-refractivity contribution is 7.91. The first-order valence-corrected chi connectivity index (χ1v) is 8.50. The lowest BCUT2D eigenvalue weighted by molar-refractivity contribution is -0.122. The molecule has 5 nitrogen and oxygen atoms in total. The Morgan fingerprint density at radius 3 is 2.63 bits per heavy atom. The fourth-order valence-corrected chi connectivity index (χ4v) is 5.22. The van der Waals surface area contributed by atoms with E-state index in [-0.39, 0.29) is 6.04 Å². The lowest BCUT2D eigenvalue weighted by atomic mass is 10.0. The molecule has 0 aromatic carbocycles. The van der Waals surface area contributed by atoms with Crippen molar-refractivity contribution in [2.24, 2.45) is 11.7 Å². The van der Waals surface area contributed by atoms with Crippen molar-refractivity contribution in [1.29, 1.82) is 0 Å². The maximum atomic E-state index is 12.3. The molecule has 19 heavy (non-hydrogen) atoms. The quantitative estimate of drug-likeness (QED) is 0.878. The minimum absolute atomic E-state index is 0.303. The highest BCUT2D eigenvalue weighted by Crippen LogP contribution is 2.29. The summed E-state index contributed by atoms with van der Waals surface area (Å²) in [6, 6.07) is 1.29. The number of nitrogens with one attached hydrogen (secondary N) is 1. The van der Waals surface area contributed by atoms with Gasteiger partial charge in [-0.05, 0) is 38.3 Å². The van der Waals surface area contributed by atoms with Gasteiger partial charge in [0.15, 0.2) is 0 Å². The van der Waals surface area contributed by atoms with E-state index in [2.05, 4.69) is 4.72 Å². The molecular formula is C12H18N2O3S2. The van der Waals surface area contributed by atoms with Gasteiger partial charge in [0.1, 0.15) is 4.21 Å². The monoisotopic (exact) mass is 302 g/mol. The molecule has 0 radical (unpaired) electrons. The zero-order chi connectivity index (χ0) is 14.2. The van der Waals surface area contributed by atoms with Gasteiger partial charge in [-0.15, -0.1) is 11.3 Å². The van der Waals surface area contributed by atoms with Crippen molar-refractivity contribution in [3.8, 4) is 0 Å². The maximum Gasteiger partial charge on any atom is 0.250 e. The Morgan fingerprint density at radius 1 is 1.42 bits per heavy atom. The second-order valence-corrected chi connectivity index (χ2v) is 8.17. The number of carbonyl (C=O) groups is 1. The molecule has 1 aliphatic rings. The van der Waals surface area contributed by atoms with E-state index in [1.54, 1.807) is 6.07 Å². The molecule has 0 spiro atoms. The molecule has 0 bridgehead atoms. The molecule has 2 atom stereocenters. The van der Waals surface area contributed by atoms with Crippen LogP contribution in [0, 0.1) is 19.8 Å². The smallest absolute Gasteiger partial charge is 0.250 e. The van der Waals surface area contributed by atoms with Crippen LogP contribution in [0.4, 0.5) is 0 Å². The van der Waals surface area contributed by atoms with Gasteiger partial charge in [-0.3, -0.25) is 4.79 Å². The van der Waals surface area contributed by atoms with Gasteiger partial charge in [-0.25, -0.2) is 13.1 Å². The average Bonchev–Trinajstić information content (AvgIpc) is 2.87. The standard InChI is InChI=1S/C12H18N2O3S2/c1-7-6-11(18-8(7)2)19(16,17)14-10-5-3-4-9(10)12(13)15/h6,9-10,14H,3-5H2,1-2H3,(H2,13,15). The number of hydrogen-bond acceptors (Lipinski definition) is 4. The largest absolute Gasteiger partial charge is 0.369 e. The number of carbonyl (C=O) groups excluding carboxylic acids is 1. The van der Waals surface area contributed by atoms with Crippen molar-refractivity contribution in [3.63, 3.8) is 0 Å². The molecule has 2 rings (SSSR count). The third-order valence-electron chi connectivity index (χ3n) is 3.60. The van der Waals surface area contributed by atoms with Gasteiger partial charge in [0.05, 0.1) is 5.92 Å². The summed E-state index contributed by atoms with van der Waals surface area (Å²) in [5, 5.41) is 0. The van der Waals surface area contributed by atoms with Gasteiger partial charge in [0.25, 0.3) is 0 Å². The van der Waals surface area contributed by atoms with Crippen LogP contribution in [-0.2, 0) is 14.8 Å². The Morgan fingerprint density at radius 2 is 2.11 bits per heavy atom. The minimum atomic E-state index is -3.55. The van der Waals surface area contributed by atoms with Gasteiger partial charge < -0.3 is 5.73 Å². The van der Waals surface area contributed by atoms with Gasteiger partial charge in [-0.1, -0.05) is 6.42 Å². The highest BCUT2D eigenvalue weighted by Gasteiger charge is 2.35. The first-order valence-electron chi connectivity index (χ1n) is 6.20. The molecule has 0 saturated heterocycles. The number of hydrogen-bond donors (Lipinski definition) is 2. The summed E-state index contributed by atoms with van der Waals surface area (Å²) in [5.74, 6) is -0.819. The predicted octanol–water partition coefficient (Wildman–Crippen LogP) is 1.30. The van der Waals surface area contributed by atoms with Gasteiger partial charge >= 0.3 is 0 Å². The molecule has 0 aliphatic heterocycles. The number of thiophene rings is 1. The molecular weight excluding hydrogens is 284 g/mol. The second kappa shape index (κ2) is 5.22. The van der Waals surface area contributed by atoms with Crippen molar-refractivity contribution in [2.75, 3.05) is 0 Å². The topological polar surface area (TPSA) is 89.3 Å². The fourth-order valence-electron chi connectivity index (χ4n) is 2.37. The van der Waals surface area contributed by atoms with Crippen LogP contribution in [0.15, 0.2) is 10.3 Å². The van der Waals surface area contributed by atoms with E-state index in [4.69, 9.17) is 5.73 Å². The van der Waals surface area contributed by atoms with Crippen LogP contribution >= 0.6 is 11.3 Å². The van der Waals surface area contributed by atoms with E-state index >= 15 is 0 Å². The molecule has 1 aliphatic carbocycles. The van der Waals surface area contributed by atoms with Crippen LogP contribution in [0.2, 0.25) is 0 Å². The van der Waals surface area contributed by atoms with Crippen LogP contribution in [0.1, 0.15) is 29.7 Å². The zero-order valence-electron chi connectivity index (χ0n) is 11.0. The first kappa shape index (κ1) is 14.5. The summed E-state index contributed by atoms with van der Waals surface area (Å²) in [7, 11) is -3.55. The summed E-state index contributed by atoms with van der Waals surface area (Å²) < 4.78 is 27.5. The van der Waals surface area contributed by atoms with Crippen LogP contribution in [-0.4, -0.2) is 20.4 Å². The van der Waals surface area contributed by atoms with Crippen molar-refractivity contribution < 1.29 is 13.2 Å². The predicted molar refractivity (Wildman–Crippen MR) is 74.4 cm³/mol. The Kier molecular flexibility index (Phi) is 3.98. The van der Waals surface area contributed by atoms with Crippen LogP contribution < -0.4 is 10.5 Å². The number of amides is 1. The number of nitrogens with two attached hydrogens (primary N) is 1. The van der Waals surface area contributed by atoms with E-state index in [0.717, 1.165) is 16.9 Å². The molecule has 1 aromatic rings. The molecule has 7 heteroatoms. The van der Waals surface area contributed by atoms with Crippen LogP contribution in [0.25, 0.3) is 0 Å². The minimum Gasteiger partial charge on any atom is -0.369 e. The first-order chi connectivity index (χ1) is 8.81. The van der Waals surface area contributed by atoms with E-state index in [9.17, 15) is 13.2 Å². The highest BCUT2D eigenvalue weighted by atomic mass is 32.2. The van der Waals surface area contributed by atoms with Crippen molar-refractivity contribution >= 4 is 27.3 Å². The molecule has 106 valence electrons. The van der Waals surface area contributed by atoms with Gasteiger partial charge in [0.2, 0.25) is 15.9 Å². The molecule has 1 fully saturated rings. The van der Waals surface area contributed by atoms with E-state index in [1.165, 1.54) is 11.3 Å². The summed E-state index contributed by atoms with van der Waals surface area (Å²) >= 11 is 1.25. The van der Waals surface area contributed by atoms with Gasteiger partial charge in [-0.2, -0.15) is 0 Å². The third kappa shape index (κ3) is 2.98. The molecule has 1 heterocycles. The average molecular weight is 302 g/mol. The van der Waals surface area contributed by atoms with E-state index in [0.29, 0.717) is 17.1 Å². The van der Waals surface area contributed by atoms with Gasteiger partial charge in [0, 0.05) is 10.9 Å². The Balaban J connectivity index is 2.20. The van der Waals surface area contributed by atoms with Crippen molar-refractivity contribution in [1.82, 2.24) is 4.72 Å². The number of rotatable bonds is 4. The Labute approximate surface area is 117 Å². The normalized spacial score (nSPS) is 23.7. The van der Waals surface area contributed by atoms with Crippen LogP contribution in [0.3, 0.4) is 0 Å². The summed E-state index contributed by atoms with van der Waals surface area (Å²) in [4.78, 5) is 12.3. The Bertz CT molecular complexity index is 573. The summed E-state index contributed by atoms with van der Waals surface area (Å²) in [6.07, 6.45) is 2.14. The van der Waals surface area contributed by atoms with E-state index in [1.807, 2.05) is 13.8 Å². The lowest BCUT2D eigenvalue weighted by Crippen LogP contribution is -2.42. The maximum absolute atomic E-state index is 12.3. The zero-order valence-corrected chi connectivity index (χ0v) is 12.6. The summed E-state index contributed by atoms with van der Waals surface area (Å²) in [5.41, 5.74) is 6.26. The second-order valence-electron chi connectivity index (χ2n) is 4.97. The number of aryl methyl sites for hydroxylation is 2. The number of primary amides is 1. The SMILES string of the molecule is Cc1cc(S(=O)(=O)NC2CCCC2C(N)=O)sc1C. The molecule has 1 amide bonds. The molecule has 1 saturated carbocycles. The van der Waals surface area contributed by atoms with Crippen molar-refractivity contribution in [3.05, 3.63) is 16.5 Å². The molecule has 2 unspecified atom stereocenters.